The van der Waals surface area contributed by atoms with E-state index in [-0.39, 0.29) is 29.6 Å². The van der Waals surface area contributed by atoms with Gasteiger partial charge in [-0.05, 0) is 37.0 Å². The van der Waals surface area contributed by atoms with Crippen LogP contribution in [0, 0.1) is 23.2 Å². The molecule has 3 fully saturated rings. The molecule has 166 valence electrons. The second-order valence-electron chi connectivity index (χ2n) is 9.04. The van der Waals surface area contributed by atoms with Crippen molar-refractivity contribution >= 4 is 29.7 Å². The highest BCUT2D eigenvalue weighted by Crippen LogP contribution is 2.64. The summed E-state index contributed by atoms with van der Waals surface area (Å²) in [4.78, 5) is 62.0. The van der Waals surface area contributed by atoms with Gasteiger partial charge in [0.1, 0.15) is 18.1 Å². The van der Waals surface area contributed by atoms with Crippen molar-refractivity contribution in [1.82, 2.24) is 20.9 Å². The first kappa shape index (κ1) is 21.8. The molecule has 0 unspecified atom stereocenters. The van der Waals surface area contributed by atoms with E-state index in [9.17, 15) is 24.0 Å². The zero-order valence-corrected chi connectivity index (χ0v) is 17.3. The van der Waals surface area contributed by atoms with Crippen LogP contribution in [0.15, 0.2) is 0 Å². The van der Waals surface area contributed by atoms with Crippen LogP contribution >= 0.6 is 0 Å². The van der Waals surface area contributed by atoms with E-state index in [1.54, 1.807) is 0 Å². The van der Waals surface area contributed by atoms with Crippen molar-refractivity contribution in [2.75, 3.05) is 13.1 Å². The van der Waals surface area contributed by atoms with Crippen molar-refractivity contribution in [2.24, 2.45) is 28.9 Å². The quantitative estimate of drug-likeness (QED) is 0.338. The van der Waals surface area contributed by atoms with E-state index in [0.29, 0.717) is 19.5 Å². The molecule has 2 saturated heterocycles. The van der Waals surface area contributed by atoms with Crippen LogP contribution < -0.4 is 21.7 Å². The Labute approximate surface area is 174 Å². The molecule has 1 aliphatic carbocycles. The van der Waals surface area contributed by atoms with Gasteiger partial charge in [0.2, 0.25) is 23.6 Å². The van der Waals surface area contributed by atoms with Crippen molar-refractivity contribution < 1.29 is 29.1 Å². The molecule has 0 aromatic rings. The Morgan fingerprint density at radius 1 is 1.30 bits per heavy atom. The molecule has 5 amide bonds. The van der Waals surface area contributed by atoms with E-state index in [0.717, 1.165) is 0 Å². The lowest BCUT2D eigenvalue weighted by Crippen LogP contribution is -2.57. The largest absolute Gasteiger partial charge is 0.465 e. The molecule has 30 heavy (non-hydrogen) atoms. The third kappa shape index (κ3) is 3.92. The van der Waals surface area contributed by atoms with Gasteiger partial charge in [-0.15, -0.1) is 0 Å². The molecule has 0 bridgehead atoms. The van der Waals surface area contributed by atoms with E-state index in [4.69, 9.17) is 10.8 Å². The third-order valence-electron chi connectivity index (χ3n) is 6.81. The fourth-order valence-electron chi connectivity index (χ4n) is 4.97. The van der Waals surface area contributed by atoms with Crippen molar-refractivity contribution in [3.05, 3.63) is 0 Å². The minimum atomic E-state index is -1.33. The monoisotopic (exact) mass is 423 g/mol. The molecule has 3 rings (SSSR count). The number of rotatable bonds is 7. The van der Waals surface area contributed by atoms with Crippen LogP contribution in [0.1, 0.15) is 33.6 Å². The van der Waals surface area contributed by atoms with Gasteiger partial charge in [0.05, 0.1) is 0 Å². The van der Waals surface area contributed by atoms with Gasteiger partial charge in [0.25, 0.3) is 0 Å². The number of likely N-dealkylation sites (tertiary alicyclic amines) is 1. The maximum Gasteiger partial charge on any atom is 0.405 e. The molecule has 0 aromatic heterocycles. The minimum Gasteiger partial charge on any atom is -0.465 e. The number of piperidine rings is 1. The molecule has 3 aliphatic rings. The molecule has 0 aromatic carbocycles. The SMILES string of the molecule is C[C@H](NC(=O)O)C(=O)N1C[C@H]2[C@@H]([C@H]1C(=O)N[C@@H](C[C@@H]1CCNC1=O)C(N)=O)C2(C)C. The number of hydrogen-bond acceptors (Lipinski definition) is 5. The molecule has 1 saturated carbocycles. The van der Waals surface area contributed by atoms with Crippen LogP contribution in [0.3, 0.4) is 0 Å². The Balaban J connectivity index is 1.74. The van der Waals surface area contributed by atoms with E-state index in [1.165, 1.54) is 11.8 Å². The lowest BCUT2D eigenvalue weighted by atomic mass is 9.96. The summed E-state index contributed by atoms with van der Waals surface area (Å²) < 4.78 is 0. The van der Waals surface area contributed by atoms with Crippen LogP contribution in [-0.2, 0) is 19.2 Å². The maximum absolute atomic E-state index is 13.1. The zero-order valence-electron chi connectivity index (χ0n) is 17.3. The average molecular weight is 423 g/mol. The Morgan fingerprint density at radius 2 is 1.97 bits per heavy atom. The number of nitrogens with two attached hydrogens (primary N) is 1. The van der Waals surface area contributed by atoms with E-state index in [2.05, 4.69) is 16.0 Å². The summed E-state index contributed by atoms with van der Waals surface area (Å²) in [6.07, 6.45) is -0.671. The minimum absolute atomic E-state index is 0.0956. The van der Waals surface area contributed by atoms with E-state index >= 15 is 0 Å². The van der Waals surface area contributed by atoms with Gasteiger partial charge in [0, 0.05) is 19.0 Å². The molecule has 11 heteroatoms. The van der Waals surface area contributed by atoms with Crippen molar-refractivity contribution in [1.29, 1.82) is 0 Å². The summed E-state index contributed by atoms with van der Waals surface area (Å²) in [6, 6.07) is -2.86. The normalized spacial score (nSPS) is 30.6. The lowest BCUT2D eigenvalue weighted by molar-refractivity contribution is -0.142. The number of fused-ring (bicyclic) bond motifs is 1. The second kappa shape index (κ2) is 7.77. The Morgan fingerprint density at radius 3 is 2.50 bits per heavy atom. The fraction of sp³-hybridized carbons (Fsp3) is 0.737. The molecule has 11 nitrogen and oxygen atoms in total. The number of carbonyl (C=O) groups excluding carboxylic acids is 4. The summed E-state index contributed by atoms with van der Waals surface area (Å²) in [6.45, 7) is 6.30. The molecule has 6 atom stereocenters. The highest BCUT2D eigenvalue weighted by Gasteiger charge is 2.69. The summed E-state index contributed by atoms with van der Waals surface area (Å²) in [7, 11) is 0. The highest BCUT2D eigenvalue weighted by molar-refractivity contribution is 5.95. The fourth-order valence-corrected chi connectivity index (χ4v) is 4.97. The van der Waals surface area contributed by atoms with Gasteiger partial charge in [0.15, 0.2) is 0 Å². The zero-order chi connectivity index (χ0) is 22.4. The molecule has 0 spiro atoms. The number of carbonyl (C=O) groups is 5. The number of hydrogen-bond donors (Lipinski definition) is 5. The van der Waals surface area contributed by atoms with Crippen molar-refractivity contribution in [3.63, 3.8) is 0 Å². The van der Waals surface area contributed by atoms with Gasteiger partial charge in [-0.25, -0.2) is 4.79 Å². The number of carboxylic acid groups (broad SMARTS) is 1. The predicted octanol–water partition coefficient (Wildman–Crippen LogP) is -1.38. The number of nitrogens with zero attached hydrogens (tertiary/aromatic N) is 1. The molecule has 6 N–H and O–H groups in total. The van der Waals surface area contributed by atoms with E-state index in [1.807, 2.05) is 13.8 Å². The number of nitrogens with one attached hydrogen (secondary N) is 3. The average Bonchev–Trinajstić information content (AvgIpc) is 3.01. The first-order valence-electron chi connectivity index (χ1n) is 10.1. The predicted molar refractivity (Wildman–Crippen MR) is 104 cm³/mol. The standard InChI is InChI=1S/C19H29N5O6/c1-8(22-18(29)30)17(28)24-7-10-12(19(10,2)3)13(24)16(27)23-11(14(20)25)6-9-4-5-21-15(9)26/h8-13,22H,4-7H2,1-3H3,(H2,20,25)(H,21,26)(H,23,27)(H,29,30)/t8-,9-,10-,11-,12-,13-/m0/s1. The van der Waals surface area contributed by atoms with E-state index < -0.39 is 47.9 Å². The summed E-state index contributed by atoms with van der Waals surface area (Å²) in [5.74, 6) is -2.31. The first-order valence-corrected chi connectivity index (χ1v) is 10.1. The summed E-state index contributed by atoms with van der Waals surface area (Å²) >= 11 is 0. The lowest BCUT2D eigenvalue weighted by Gasteiger charge is -2.32. The van der Waals surface area contributed by atoms with Gasteiger partial charge in [-0.3, -0.25) is 19.2 Å². The highest BCUT2D eigenvalue weighted by atomic mass is 16.4. The van der Waals surface area contributed by atoms with Gasteiger partial charge >= 0.3 is 6.09 Å². The van der Waals surface area contributed by atoms with Gasteiger partial charge in [-0.2, -0.15) is 0 Å². The second-order valence-corrected chi connectivity index (χ2v) is 9.04. The Bertz CT molecular complexity index is 783. The van der Waals surface area contributed by atoms with Gasteiger partial charge in [-0.1, -0.05) is 13.8 Å². The summed E-state index contributed by atoms with van der Waals surface area (Å²) in [5.41, 5.74) is 5.32. The van der Waals surface area contributed by atoms with Gasteiger partial charge < -0.3 is 31.7 Å². The van der Waals surface area contributed by atoms with Crippen LogP contribution in [0.25, 0.3) is 0 Å². The smallest absolute Gasteiger partial charge is 0.405 e. The Kier molecular flexibility index (Phi) is 5.66. The topological polar surface area (TPSA) is 171 Å². The van der Waals surface area contributed by atoms with Crippen molar-refractivity contribution in [3.8, 4) is 0 Å². The molecule has 0 radical (unpaired) electrons. The van der Waals surface area contributed by atoms with Crippen LogP contribution in [0.4, 0.5) is 4.79 Å². The third-order valence-corrected chi connectivity index (χ3v) is 6.81. The van der Waals surface area contributed by atoms with Crippen LogP contribution in [0.5, 0.6) is 0 Å². The van der Waals surface area contributed by atoms with Crippen LogP contribution in [0.2, 0.25) is 0 Å². The molecular formula is C19H29N5O6. The first-order chi connectivity index (χ1) is 13.9. The Hall–Kier alpha value is -2.85. The number of amides is 5. The number of primary amides is 1. The molecule has 2 aliphatic heterocycles. The maximum atomic E-state index is 13.1. The van der Waals surface area contributed by atoms with Crippen molar-refractivity contribution in [2.45, 2.75) is 51.7 Å². The molecule has 2 heterocycles. The molecular weight excluding hydrogens is 394 g/mol. The van der Waals surface area contributed by atoms with Crippen LogP contribution in [-0.4, -0.2) is 70.9 Å². The summed E-state index contributed by atoms with van der Waals surface area (Å²) in [5, 5.41) is 16.3.